The fourth-order valence-corrected chi connectivity index (χ4v) is 2.95. The lowest BCUT2D eigenvalue weighted by atomic mass is 10.0. The SMILES string of the molecule is COS(=O)c1cc(C(F)(F)F)ccc1C(=O)c1c(C)[nH]n(C)c1=O. The molecular formula is C14H13F3N2O4S. The molecule has 2 rings (SSSR count). The smallest absolute Gasteiger partial charge is 0.299 e. The number of hydrogen-bond donors (Lipinski definition) is 1. The molecule has 0 aliphatic heterocycles. The first kappa shape index (κ1) is 18.1. The number of halogens is 3. The molecule has 1 heterocycles. The van der Waals surface area contributed by atoms with E-state index in [0.717, 1.165) is 17.9 Å². The zero-order valence-electron chi connectivity index (χ0n) is 12.9. The van der Waals surface area contributed by atoms with Crippen LogP contribution in [0.5, 0.6) is 0 Å². The molecule has 0 amide bonds. The average Bonchev–Trinajstić information content (AvgIpc) is 2.77. The van der Waals surface area contributed by atoms with Gasteiger partial charge in [0.1, 0.15) is 5.56 Å². The van der Waals surface area contributed by atoms with Crippen LogP contribution in [-0.4, -0.2) is 26.9 Å². The van der Waals surface area contributed by atoms with Crippen molar-refractivity contribution in [3.8, 4) is 0 Å². The largest absolute Gasteiger partial charge is 0.416 e. The van der Waals surface area contributed by atoms with E-state index in [0.29, 0.717) is 12.1 Å². The van der Waals surface area contributed by atoms with Crippen LogP contribution in [0.15, 0.2) is 27.9 Å². The highest BCUT2D eigenvalue weighted by Gasteiger charge is 2.33. The van der Waals surface area contributed by atoms with Crippen molar-refractivity contribution < 1.29 is 26.4 Å². The summed E-state index contributed by atoms with van der Waals surface area (Å²) in [5.41, 5.74) is -1.97. The van der Waals surface area contributed by atoms with E-state index in [9.17, 15) is 27.0 Å². The van der Waals surface area contributed by atoms with E-state index in [2.05, 4.69) is 9.28 Å². The minimum Gasteiger partial charge on any atom is -0.299 e. The molecular weight excluding hydrogens is 349 g/mol. The number of H-pyrrole nitrogens is 1. The van der Waals surface area contributed by atoms with Gasteiger partial charge in [0.25, 0.3) is 5.56 Å². The number of aryl methyl sites for hydroxylation is 2. The number of rotatable bonds is 4. The maximum absolute atomic E-state index is 12.8. The molecule has 1 unspecified atom stereocenters. The fraction of sp³-hybridized carbons (Fsp3) is 0.286. The summed E-state index contributed by atoms with van der Waals surface area (Å²) in [7, 11) is 2.43. The highest BCUT2D eigenvalue weighted by Crippen LogP contribution is 2.32. The Kier molecular flexibility index (Phi) is 4.81. The van der Waals surface area contributed by atoms with Crippen LogP contribution >= 0.6 is 0 Å². The lowest BCUT2D eigenvalue weighted by molar-refractivity contribution is -0.137. The van der Waals surface area contributed by atoms with E-state index in [1.165, 1.54) is 14.0 Å². The Labute approximate surface area is 136 Å². The first-order valence-corrected chi connectivity index (χ1v) is 7.63. The third-order valence-corrected chi connectivity index (χ3v) is 4.34. The molecule has 0 radical (unpaired) electrons. The van der Waals surface area contributed by atoms with Crippen LogP contribution < -0.4 is 5.56 Å². The molecule has 130 valence electrons. The van der Waals surface area contributed by atoms with Crippen LogP contribution in [0.4, 0.5) is 13.2 Å². The fourth-order valence-electron chi connectivity index (χ4n) is 2.20. The summed E-state index contributed by atoms with van der Waals surface area (Å²) in [5, 5.41) is 2.62. The quantitative estimate of drug-likeness (QED) is 0.843. The Hall–Kier alpha value is -2.20. The van der Waals surface area contributed by atoms with Crippen LogP contribution in [0.2, 0.25) is 0 Å². The molecule has 1 N–H and O–H groups in total. The van der Waals surface area contributed by atoms with Crippen molar-refractivity contribution >= 4 is 16.9 Å². The molecule has 0 bridgehead atoms. The number of aromatic amines is 1. The van der Waals surface area contributed by atoms with Crippen molar-refractivity contribution in [2.45, 2.75) is 18.0 Å². The molecule has 0 saturated heterocycles. The van der Waals surface area contributed by atoms with Crippen molar-refractivity contribution in [2.24, 2.45) is 7.05 Å². The first-order valence-electron chi connectivity index (χ1n) is 6.55. The maximum atomic E-state index is 12.8. The molecule has 0 aliphatic carbocycles. The van der Waals surface area contributed by atoms with Gasteiger partial charge in [0.2, 0.25) is 5.78 Å². The topological polar surface area (TPSA) is 81.2 Å². The Morgan fingerprint density at radius 3 is 2.42 bits per heavy atom. The van der Waals surface area contributed by atoms with Gasteiger partial charge in [-0.1, -0.05) is 0 Å². The van der Waals surface area contributed by atoms with Gasteiger partial charge in [-0.2, -0.15) is 13.2 Å². The minimum absolute atomic E-state index is 0.230. The maximum Gasteiger partial charge on any atom is 0.416 e. The van der Waals surface area contributed by atoms with E-state index in [1.54, 1.807) is 0 Å². The molecule has 0 aliphatic rings. The van der Waals surface area contributed by atoms with Crippen LogP contribution in [-0.2, 0) is 28.5 Å². The van der Waals surface area contributed by atoms with E-state index in [1.807, 2.05) is 0 Å². The highest BCUT2D eigenvalue weighted by atomic mass is 32.2. The summed E-state index contributed by atoms with van der Waals surface area (Å²) in [6.45, 7) is 1.48. The standard InChI is InChI=1S/C14H13F3N2O4S/c1-7-11(13(21)19(2)18-7)12(20)9-5-4-8(14(15,16)17)6-10(9)24(22)23-3/h4-6,18H,1-3H3. The van der Waals surface area contributed by atoms with Gasteiger partial charge >= 0.3 is 6.18 Å². The molecule has 1 atom stereocenters. The third-order valence-electron chi connectivity index (χ3n) is 3.34. The van der Waals surface area contributed by atoms with E-state index in [4.69, 9.17) is 0 Å². The molecule has 0 saturated carbocycles. The van der Waals surface area contributed by atoms with Gasteiger partial charge in [-0.25, -0.2) is 4.21 Å². The van der Waals surface area contributed by atoms with Crippen LogP contribution in [0.25, 0.3) is 0 Å². The summed E-state index contributed by atoms with van der Waals surface area (Å²) >= 11 is -2.29. The monoisotopic (exact) mass is 362 g/mol. The number of carbonyl (C=O) groups is 1. The second kappa shape index (κ2) is 6.36. The molecule has 1 aromatic heterocycles. The Morgan fingerprint density at radius 1 is 1.33 bits per heavy atom. The van der Waals surface area contributed by atoms with Crippen LogP contribution in [0, 0.1) is 6.92 Å². The van der Waals surface area contributed by atoms with Gasteiger partial charge in [0.05, 0.1) is 17.6 Å². The zero-order chi connectivity index (χ0) is 18.2. The second-order valence-electron chi connectivity index (χ2n) is 4.92. The number of ketones is 1. The second-order valence-corrected chi connectivity index (χ2v) is 6.16. The van der Waals surface area contributed by atoms with E-state index >= 15 is 0 Å². The molecule has 0 fully saturated rings. The van der Waals surface area contributed by atoms with E-state index < -0.39 is 39.1 Å². The molecule has 10 heteroatoms. The predicted octanol–water partition coefficient (Wildman–Crippen LogP) is 1.94. The van der Waals surface area contributed by atoms with Crippen molar-refractivity contribution in [1.29, 1.82) is 0 Å². The van der Waals surface area contributed by atoms with Crippen molar-refractivity contribution in [1.82, 2.24) is 9.78 Å². The summed E-state index contributed by atoms with van der Waals surface area (Å²) in [6, 6.07) is 2.17. The molecule has 2 aromatic rings. The Bertz CT molecular complexity index is 883. The van der Waals surface area contributed by atoms with Gasteiger partial charge in [-0.15, -0.1) is 0 Å². The van der Waals surface area contributed by atoms with E-state index in [-0.39, 0.29) is 16.8 Å². The molecule has 24 heavy (non-hydrogen) atoms. The zero-order valence-corrected chi connectivity index (χ0v) is 13.7. The van der Waals surface area contributed by atoms with Crippen molar-refractivity contribution in [3.63, 3.8) is 0 Å². The van der Waals surface area contributed by atoms with Gasteiger partial charge in [0, 0.05) is 18.3 Å². The normalized spacial score (nSPS) is 13.1. The van der Waals surface area contributed by atoms with Gasteiger partial charge in [-0.3, -0.25) is 23.6 Å². The third kappa shape index (κ3) is 3.20. The van der Waals surface area contributed by atoms with Crippen LogP contribution in [0.1, 0.15) is 27.2 Å². The molecule has 1 aromatic carbocycles. The average molecular weight is 362 g/mol. The summed E-state index contributed by atoms with van der Waals surface area (Å²) in [6.07, 6.45) is -4.67. The number of hydrogen-bond acceptors (Lipinski definition) is 4. The number of aromatic nitrogens is 2. The lowest BCUT2D eigenvalue weighted by Crippen LogP contribution is -2.21. The van der Waals surface area contributed by atoms with Crippen molar-refractivity contribution in [2.75, 3.05) is 7.11 Å². The summed E-state index contributed by atoms with van der Waals surface area (Å²) < 4.78 is 56.0. The number of carbonyl (C=O) groups excluding carboxylic acids is 1. The van der Waals surface area contributed by atoms with Gasteiger partial charge in [0.15, 0.2) is 11.1 Å². The van der Waals surface area contributed by atoms with Crippen molar-refractivity contribution in [3.05, 3.63) is 50.9 Å². The summed E-state index contributed by atoms with van der Waals surface area (Å²) in [5.74, 6) is -0.830. The molecule has 0 spiro atoms. The Balaban J connectivity index is 2.67. The number of alkyl halides is 3. The van der Waals surface area contributed by atoms with Gasteiger partial charge in [-0.05, 0) is 25.1 Å². The van der Waals surface area contributed by atoms with Crippen LogP contribution in [0.3, 0.4) is 0 Å². The molecule has 6 nitrogen and oxygen atoms in total. The number of nitrogens with zero attached hydrogens (tertiary/aromatic N) is 1. The summed E-state index contributed by atoms with van der Waals surface area (Å²) in [4.78, 5) is 24.2. The predicted molar refractivity (Wildman–Crippen MR) is 79.1 cm³/mol. The number of benzene rings is 1. The Morgan fingerprint density at radius 2 is 1.96 bits per heavy atom. The first-order chi connectivity index (χ1) is 11.1. The minimum atomic E-state index is -4.67. The lowest BCUT2D eigenvalue weighted by Gasteiger charge is -2.11. The highest BCUT2D eigenvalue weighted by molar-refractivity contribution is 7.80. The van der Waals surface area contributed by atoms with Gasteiger partial charge < -0.3 is 0 Å². The number of nitrogens with one attached hydrogen (secondary N) is 1.